The molecule has 0 aromatic heterocycles. The quantitative estimate of drug-likeness (QED) is 0.223. The van der Waals surface area contributed by atoms with Crippen LogP contribution in [0.25, 0.3) is 5.76 Å². The highest BCUT2D eigenvalue weighted by molar-refractivity contribution is 6.24. The van der Waals surface area contributed by atoms with Crippen molar-refractivity contribution in [1.29, 1.82) is 0 Å². The molecule has 0 bridgehead atoms. The molecule has 1 unspecified atom stereocenters. The zero-order valence-electron chi connectivity index (χ0n) is 26.7. The lowest BCUT2D eigenvalue weighted by atomic mass is 9.54. The average molecular weight is 625 g/mol. The highest BCUT2D eigenvalue weighted by Gasteiger charge is 2.69. The zero-order valence-corrected chi connectivity index (χ0v) is 26.7. The Morgan fingerprint density at radius 1 is 1.11 bits per heavy atom. The largest absolute Gasteiger partial charge is 0.508 e. The number of rotatable bonds is 7. The molecule has 11 heteroatoms. The van der Waals surface area contributed by atoms with Crippen molar-refractivity contribution in [2.24, 2.45) is 28.9 Å². The number of amides is 1. The number of phenols is 1. The summed E-state index contributed by atoms with van der Waals surface area (Å²) >= 11 is 0. The van der Waals surface area contributed by atoms with E-state index in [0.29, 0.717) is 30.4 Å². The molecule has 11 nitrogen and oxygen atoms in total. The van der Waals surface area contributed by atoms with E-state index in [4.69, 9.17) is 10.5 Å². The monoisotopic (exact) mass is 624 g/mol. The molecular formula is C34H44N2O9. The zero-order chi connectivity index (χ0) is 33.3. The predicted octanol–water partition coefficient (Wildman–Crippen LogP) is 3.22. The summed E-state index contributed by atoms with van der Waals surface area (Å²) in [5.74, 6) is -9.71. The van der Waals surface area contributed by atoms with Crippen molar-refractivity contribution in [1.82, 2.24) is 4.90 Å². The third-order valence-electron chi connectivity index (χ3n) is 10.2. The molecule has 4 aliphatic carbocycles. The van der Waals surface area contributed by atoms with Gasteiger partial charge in [0, 0.05) is 11.5 Å². The maximum absolute atomic E-state index is 14.5. The van der Waals surface area contributed by atoms with E-state index in [0.717, 1.165) is 19.3 Å². The van der Waals surface area contributed by atoms with Gasteiger partial charge in [-0.3, -0.25) is 24.1 Å². The number of primary amides is 1. The molecule has 1 amide bonds. The highest BCUT2D eigenvalue weighted by Crippen LogP contribution is 2.57. The number of hydrogen-bond acceptors (Lipinski definition) is 10. The van der Waals surface area contributed by atoms with Crippen LogP contribution in [-0.4, -0.2) is 80.6 Å². The number of carbonyl (C=O) groups is 4. The van der Waals surface area contributed by atoms with Crippen LogP contribution in [0, 0.1) is 23.2 Å². The number of fused-ring (bicyclic) bond motifs is 3. The number of nitrogens with two attached hydrogens (primary N) is 1. The van der Waals surface area contributed by atoms with E-state index < -0.39 is 82.0 Å². The summed E-state index contributed by atoms with van der Waals surface area (Å²) in [6, 6.07) is 2.16. The van der Waals surface area contributed by atoms with Crippen molar-refractivity contribution in [3.05, 3.63) is 45.7 Å². The molecule has 5 rings (SSSR count). The first-order valence-corrected chi connectivity index (χ1v) is 15.6. The number of aromatic hydroxyl groups is 1. The van der Waals surface area contributed by atoms with Crippen molar-refractivity contribution in [3.63, 3.8) is 0 Å². The minimum Gasteiger partial charge on any atom is -0.508 e. The molecule has 6 N–H and O–H groups in total. The minimum absolute atomic E-state index is 0.0242. The van der Waals surface area contributed by atoms with Gasteiger partial charge in [0.25, 0.3) is 5.91 Å². The fourth-order valence-corrected chi connectivity index (χ4v) is 7.66. The second-order valence-corrected chi connectivity index (χ2v) is 14.5. The first-order chi connectivity index (χ1) is 20.9. The summed E-state index contributed by atoms with van der Waals surface area (Å²) in [6.07, 6.45) is 2.79. The van der Waals surface area contributed by atoms with Gasteiger partial charge in [-0.1, -0.05) is 46.2 Å². The Kier molecular flexibility index (Phi) is 8.19. The first-order valence-electron chi connectivity index (χ1n) is 15.6. The van der Waals surface area contributed by atoms with Crippen LogP contribution in [0.2, 0.25) is 0 Å². The molecule has 0 spiro atoms. The van der Waals surface area contributed by atoms with Crippen LogP contribution in [0.15, 0.2) is 29.0 Å². The molecule has 0 saturated heterocycles. The molecule has 45 heavy (non-hydrogen) atoms. The van der Waals surface area contributed by atoms with Crippen molar-refractivity contribution in [3.8, 4) is 5.75 Å². The Labute approximate surface area is 262 Å². The number of likely N-dealkylation sites (N-methyl/N-ethyl adjacent to an activating group) is 1. The highest BCUT2D eigenvalue weighted by atomic mass is 16.5. The molecule has 2 saturated carbocycles. The van der Waals surface area contributed by atoms with Gasteiger partial charge in [-0.15, -0.1) is 0 Å². The number of ether oxygens (including phenoxy) is 1. The van der Waals surface area contributed by atoms with Crippen LogP contribution in [0.5, 0.6) is 5.75 Å². The number of phenolic OH excluding ortho intramolecular Hbond substituents is 1. The molecule has 0 heterocycles. The molecule has 2 fully saturated rings. The Hall–Kier alpha value is -3.70. The van der Waals surface area contributed by atoms with E-state index >= 15 is 0 Å². The normalized spacial score (nSPS) is 30.1. The average Bonchev–Trinajstić information content (AvgIpc) is 2.89. The SMILES string of the molecule is CC1c2ccc(CCCC(C)(C)C)c(O)c2C(O)=C2C(=O)[C@]3(O)C(O)=C(C(N)=O)C(=O)[C@@H](N(C)C)[C@@H]3[C@@H](OC(=O)C3CCC3)[C@@H]21. The standard InChI is InChI=1S/C34H44N2O9/c1-15-18-13-12-16(11-8-14-33(2,3)4)25(37)20(18)26(38)21-19(15)28(45-32(43)17-9-7-10-17)23-24(36(5)6)27(39)22(31(35)42)30(41)34(23,44)29(21)40/h12-13,15,17,19,23-24,28,37-38,41,44H,7-11,14H2,1-6H3,(H2,35,42)/t15?,19-,23-,24+,28+,34+/m1/s1. The van der Waals surface area contributed by atoms with Gasteiger partial charge >= 0.3 is 5.97 Å². The van der Waals surface area contributed by atoms with Gasteiger partial charge < -0.3 is 30.9 Å². The number of carbonyl (C=O) groups excluding carboxylic acids is 4. The molecule has 1 aromatic carbocycles. The summed E-state index contributed by atoms with van der Waals surface area (Å²) < 4.78 is 6.11. The number of esters is 1. The van der Waals surface area contributed by atoms with E-state index in [1.54, 1.807) is 19.1 Å². The Morgan fingerprint density at radius 2 is 1.76 bits per heavy atom. The van der Waals surface area contributed by atoms with Crippen LogP contribution < -0.4 is 5.73 Å². The molecule has 6 atom stereocenters. The number of aliphatic hydroxyl groups is 3. The summed E-state index contributed by atoms with van der Waals surface area (Å²) in [4.78, 5) is 55.3. The van der Waals surface area contributed by atoms with Crippen molar-refractivity contribution >= 4 is 29.2 Å². The van der Waals surface area contributed by atoms with Crippen LogP contribution in [0.1, 0.15) is 82.4 Å². The van der Waals surface area contributed by atoms with E-state index in [1.165, 1.54) is 19.0 Å². The number of ketones is 2. The van der Waals surface area contributed by atoms with Gasteiger partial charge in [-0.25, -0.2) is 0 Å². The van der Waals surface area contributed by atoms with Crippen molar-refractivity contribution in [2.45, 2.75) is 89.9 Å². The fraction of sp³-hybridized carbons (Fsp3) is 0.588. The van der Waals surface area contributed by atoms with Gasteiger partial charge in [-0.2, -0.15) is 0 Å². The second kappa shape index (κ2) is 11.3. The van der Waals surface area contributed by atoms with Crippen LogP contribution in [0.4, 0.5) is 0 Å². The van der Waals surface area contributed by atoms with Gasteiger partial charge in [0.1, 0.15) is 28.9 Å². The fourth-order valence-electron chi connectivity index (χ4n) is 7.66. The maximum Gasteiger partial charge on any atom is 0.309 e. The molecule has 1 aromatic rings. The first kappa shape index (κ1) is 32.7. The molecular weight excluding hydrogens is 580 g/mol. The van der Waals surface area contributed by atoms with E-state index in [9.17, 15) is 39.6 Å². The number of aryl methyl sites for hydroxylation is 1. The topological polar surface area (TPSA) is 188 Å². The summed E-state index contributed by atoms with van der Waals surface area (Å²) in [7, 11) is 3.00. The number of aliphatic hydroxyl groups excluding tert-OH is 2. The summed E-state index contributed by atoms with van der Waals surface area (Å²) in [6.45, 7) is 8.11. The molecule has 244 valence electrons. The number of nitrogens with zero attached hydrogens (tertiary/aromatic N) is 1. The van der Waals surface area contributed by atoms with Gasteiger partial charge in [0.2, 0.25) is 5.78 Å². The molecule has 0 radical (unpaired) electrons. The van der Waals surface area contributed by atoms with Gasteiger partial charge in [-0.05, 0) is 68.7 Å². The lowest BCUT2D eigenvalue weighted by molar-refractivity contribution is -0.189. The predicted molar refractivity (Wildman–Crippen MR) is 164 cm³/mol. The Balaban J connectivity index is 1.73. The number of benzene rings is 1. The number of Topliss-reactive ketones (excluding diaryl/α,β-unsaturated/α-hetero) is 2. The third kappa shape index (κ3) is 5.04. The summed E-state index contributed by atoms with van der Waals surface area (Å²) in [5, 5.41) is 46.8. The van der Waals surface area contributed by atoms with Crippen LogP contribution in [0.3, 0.4) is 0 Å². The van der Waals surface area contributed by atoms with E-state index in [1.807, 2.05) is 0 Å². The van der Waals surface area contributed by atoms with Gasteiger partial charge in [0.05, 0.1) is 23.4 Å². The molecule has 0 aliphatic heterocycles. The van der Waals surface area contributed by atoms with E-state index in [-0.39, 0.29) is 22.3 Å². The maximum atomic E-state index is 14.5. The van der Waals surface area contributed by atoms with Crippen LogP contribution in [-0.2, 0) is 30.3 Å². The van der Waals surface area contributed by atoms with Crippen molar-refractivity contribution in [2.75, 3.05) is 14.1 Å². The van der Waals surface area contributed by atoms with Gasteiger partial charge in [0.15, 0.2) is 11.4 Å². The number of hydrogen-bond donors (Lipinski definition) is 5. The Bertz CT molecular complexity index is 1530. The van der Waals surface area contributed by atoms with E-state index in [2.05, 4.69) is 20.8 Å². The van der Waals surface area contributed by atoms with Crippen LogP contribution >= 0.6 is 0 Å². The molecule has 4 aliphatic rings. The smallest absolute Gasteiger partial charge is 0.309 e. The minimum atomic E-state index is -2.95. The lowest BCUT2D eigenvalue weighted by Gasteiger charge is -2.54. The second-order valence-electron chi connectivity index (χ2n) is 14.5. The lowest BCUT2D eigenvalue weighted by Crippen LogP contribution is -2.71. The third-order valence-corrected chi connectivity index (χ3v) is 10.2. The summed E-state index contributed by atoms with van der Waals surface area (Å²) in [5.41, 5.74) is 2.40. The Morgan fingerprint density at radius 3 is 2.29 bits per heavy atom. The van der Waals surface area contributed by atoms with Crippen molar-refractivity contribution < 1.29 is 44.3 Å².